The Bertz CT molecular complexity index is 616. The van der Waals surface area contributed by atoms with Crippen LogP contribution >= 0.6 is 23.5 Å². The number of nitrogens with one attached hydrogen (secondary N) is 1. The Morgan fingerprint density at radius 1 is 1.36 bits per heavy atom. The monoisotopic (exact) mass is 383 g/mol. The second-order valence-electron chi connectivity index (χ2n) is 6.40. The molecule has 2 amide bonds. The van der Waals surface area contributed by atoms with Gasteiger partial charge in [0, 0.05) is 31.3 Å². The molecule has 1 saturated heterocycles. The van der Waals surface area contributed by atoms with E-state index in [4.69, 9.17) is 0 Å². The fraction of sp³-hybridized carbons (Fsp3) is 0.750. The van der Waals surface area contributed by atoms with Crippen LogP contribution in [-0.2, 0) is 11.2 Å². The molecule has 9 heteroatoms. The molecule has 0 radical (unpaired) electrons. The van der Waals surface area contributed by atoms with Gasteiger partial charge in [0.15, 0.2) is 5.16 Å². The summed E-state index contributed by atoms with van der Waals surface area (Å²) in [6.07, 6.45) is 8.64. The van der Waals surface area contributed by atoms with Crippen LogP contribution in [0.2, 0.25) is 0 Å². The third kappa shape index (κ3) is 4.69. The Kier molecular flexibility index (Phi) is 6.63. The van der Waals surface area contributed by atoms with E-state index in [1.807, 2.05) is 6.26 Å². The molecule has 0 aromatic carbocycles. The molecule has 138 valence electrons. The fourth-order valence-electron chi connectivity index (χ4n) is 3.42. The Labute approximate surface area is 156 Å². The largest absolute Gasteiger partial charge is 0.355 e. The minimum absolute atomic E-state index is 0.00408. The quantitative estimate of drug-likeness (QED) is 0.548. The molecule has 0 spiro atoms. The van der Waals surface area contributed by atoms with Gasteiger partial charge in [-0.3, -0.25) is 9.59 Å². The molecular formula is C16H25N5O2S2. The minimum atomic E-state index is -0.0853. The Hall–Kier alpha value is -1.22. The topological polar surface area (TPSA) is 80.1 Å². The Morgan fingerprint density at radius 2 is 2.16 bits per heavy atom. The highest BCUT2D eigenvalue weighted by atomic mass is 32.2. The number of aromatic nitrogens is 3. The fourth-order valence-corrected chi connectivity index (χ4v) is 4.82. The van der Waals surface area contributed by atoms with Gasteiger partial charge in [0.1, 0.15) is 12.4 Å². The highest BCUT2D eigenvalue weighted by Gasteiger charge is 2.24. The number of carbonyl (C=O) groups is 2. The number of hydrogen-bond acceptors (Lipinski definition) is 6. The zero-order valence-corrected chi connectivity index (χ0v) is 16.2. The van der Waals surface area contributed by atoms with E-state index < -0.39 is 0 Å². The van der Waals surface area contributed by atoms with Crippen molar-refractivity contribution < 1.29 is 9.59 Å². The second kappa shape index (κ2) is 8.93. The molecule has 1 aromatic heterocycles. The lowest BCUT2D eigenvalue weighted by Crippen LogP contribution is -2.37. The van der Waals surface area contributed by atoms with E-state index in [1.165, 1.54) is 37.4 Å². The summed E-state index contributed by atoms with van der Waals surface area (Å²) in [6.45, 7) is 1.43. The molecular weight excluding hydrogens is 358 g/mol. The molecule has 0 bridgehead atoms. The number of amides is 2. The molecule has 2 fully saturated rings. The van der Waals surface area contributed by atoms with Crippen molar-refractivity contribution in [1.29, 1.82) is 0 Å². The van der Waals surface area contributed by atoms with Crippen molar-refractivity contribution >= 4 is 34.7 Å². The van der Waals surface area contributed by atoms with E-state index in [-0.39, 0.29) is 17.7 Å². The molecule has 1 aliphatic heterocycles. The van der Waals surface area contributed by atoms with E-state index in [0.717, 1.165) is 29.6 Å². The Balaban J connectivity index is 1.45. The van der Waals surface area contributed by atoms with Gasteiger partial charge in [-0.2, -0.15) is 0 Å². The van der Waals surface area contributed by atoms with E-state index in [0.29, 0.717) is 19.1 Å². The first-order valence-electron chi connectivity index (χ1n) is 8.85. The predicted molar refractivity (Wildman–Crippen MR) is 100 cm³/mol. The first-order valence-corrected chi connectivity index (χ1v) is 11.1. The number of nitrogens with zero attached hydrogens (tertiary/aromatic N) is 4. The van der Waals surface area contributed by atoms with Crippen LogP contribution in [0, 0.1) is 0 Å². The molecule has 1 N–H and O–H groups in total. The lowest BCUT2D eigenvalue weighted by Gasteiger charge is -2.16. The number of carbonyl (C=O) groups excluding carboxylic acids is 2. The first-order chi connectivity index (χ1) is 12.2. The van der Waals surface area contributed by atoms with Gasteiger partial charge in [0.05, 0.1) is 0 Å². The molecule has 25 heavy (non-hydrogen) atoms. The van der Waals surface area contributed by atoms with Crippen molar-refractivity contribution in [2.75, 3.05) is 31.6 Å². The van der Waals surface area contributed by atoms with Crippen LogP contribution in [0.25, 0.3) is 0 Å². The van der Waals surface area contributed by atoms with Crippen LogP contribution in [-0.4, -0.2) is 62.5 Å². The molecule has 1 saturated carbocycles. The second-order valence-corrected chi connectivity index (χ2v) is 8.22. The molecule has 0 atom stereocenters. The zero-order chi connectivity index (χ0) is 17.6. The average Bonchev–Trinajstić information content (AvgIpc) is 3.33. The highest BCUT2D eigenvalue weighted by Crippen LogP contribution is 2.33. The average molecular weight is 384 g/mol. The van der Waals surface area contributed by atoms with Gasteiger partial charge < -0.3 is 14.8 Å². The summed E-state index contributed by atoms with van der Waals surface area (Å²) in [7, 11) is 0. The smallest absolute Gasteiger partial charge is 0.282 e. The lowest BCUT2D eigenvalue weighted by molar-refractivity contribution is -0.121. The number of hydrogen-bond donors (Lipinski definition) is 1. The maximum atomic E-state index is 11.9. The molecule has 2 heterocycles. The van der Waals surface area contributed by atoms with Gasteiger partial charge in [0.25, 0.3) is 5.24 Å². The van der Waals surface area contributed by atoms with Gasteiger partial charge in [-0.15, -0.1) is 10.2 Å². The van der Waals surface area contributed by atoms with E-state index in [1.54, 1.807) is 16.7 Å². The van der Waals surface area contributed by atoms with Crippen molar-refractivity contribution in [2.24, 2.45) is 0 Å². The Morgan fingerprint density at radius 3 is 2.84 bits per heavy atom. The van der Waals surface area contributed by atoms with Gasteiger partial charge >= 0.3 is 0 Å². The predicted octanol–water partition coefficient (Wildman–Crippen LogP) is 2.33. The van der Waals surface area contributed by atoms with Crippen molar-refractivity contribution in [3.63, 3.8) is 0 Å². The van der Waals surface area contributed by atoms with Gasteiger partial charge in [-0.05, 0) is 25.5 Å². The van der Waals surface area contributed by atoms with Gasteiger partial charge in [0.2, 0.25) is 5.91 Å². The summed E-state index contributed by atoms with van der Waals surface area (Å²) < 4.78 is 2.31. The molecule has 7 nitrogen and oxygen atoms in total. The number of aryl methyl sites for hydroxylation is 1. The summed E-state index contributed by atoms with van der Waals surface area (Å²) in [5, 5.41) is 12.6. The summed E-state index contributed by atoms with van der Waals surface area (Å²) in [5.41, 5.74) is 0. The standard InChI is InChI=1S/C16H25N5O2S2/c1-24-15-19-18-13(21(15)12-5-2-3-6-12)7-4-8-17-14(22)11-20-9-10-25-16(20)23/h12H,2-11H2,1H3,(H,17,22). The van der Waals surface area contributed by atoms with E-state index in [9.17, 15) is 9.59 Å². The third-order valence-electron chi connectivity index (χ3n) is 4.69. The van der Waals surface area contributed by atoms with Crippen LogP contribution in [0.4, 0.5) is 4.79 Å². The van der Waals surface area contributed by atoms with Crippen molar-refractivity contribution in [1.82, 2.24) is 25.0 Å². The summed E-state index contributed by atoms with van der Waals surface area (Å²) in [6, 6.07) is 0.528. The van der Waals surface area contributed by atoms with Crippen LogP contribution in [0.1, 0.15) is 44.0 Å². The van der Waals surface area contributed by atoms with Crippen LogP contribution < -0.4 is 5.32 Å². The van der Waals surface area contributed by atoms with Crippen molar-refractivity contribution in [3.05, 3.63) is 5.82 Å². The van der Waals surface area contributed by atoms with E-state index >= 15 is 0 Å². The van der Waals surface area contributed by atoms with Crippen LogP contribution in [0.15, 0.2) is 5.16 Å². The normalized spacial score (nSPS) is 18.3. The molecule has 1 aromatic rings. The first kappa shape index (κ1) is 18.6. The molecule has 1 aliphatic carbocycles. The maximum Gasteiger partial charge on any atom is 0.282 e. The van der Waals surface area contributed by atoms with Crippen molar-refractivity contribution in [3.8, 4) is 0 Å². The van der Waals surface area contributed by atoms with Crippen molar-refractivity contribution in [2.45, 2.75) is 49.7 Å². The number of thioether (sulfide) groups is 2. The molecule has 3 rings (SSSR count). The molecule has 2 aliphatic rings. The molecule has 0 unspecified atom stereocenters. The number of rotatable bonds is 8. The third-order valence-corrected chi connectivity index (χ3v) is 6.22. The van der Waals surface area contributed by atoms with Gasteiger partial charge in [-0.25, -0.2) is 0 Å². The van der Waals surface area contributed by atoms with Gasteiger partial charge in [-0.1, -0.05) is 36.4 Å². The lowest BCUT2D eigenvalue weighted by atomic mass is 10.2. The van der Waals surface area contributed by atoms with Crippen LogP contribution in [0.3, 0.4) is 0 Å². The summed E-state index contributed by atoms with van der Waals surface area (Å²) in [5.74, 6) is 1.72. The van der Waals surface area contributed by atoms with E-state index in [2.05, 4.69) is 20.1 Å². The highest BCUT2D eigenvalue weighted by molar-refractivity contribution is 8.13. The summed E-state index contributed by atoms with van der Waals surface area (Å²) >= 11 is 2.92. The SMILES string of the molecule is CSc1nnc(CCCNC(=O)CN2CCSC2=O)n1C1CCCC1. The minimum Gasteiger partial charge on any atom is -0.355 e. The zero-order valence-electron chi connectivity index (χ0n) is 14.6. The summed E-state index contributed by atoms with van der Waals surface area (Å²) in [4.78, 5) is 25.0. The van der Waals surface area contributed by atoms with Crippen LogP contribution in [0.5, 0.6) is 0 Å². The maximum absolute atomic E-state index is 11.9.